The van der Waals surface area contributed by atoms with E-state index in [1.807, 2.05) is 42.6 Å². The number of aromatic nitrogens is 4. The molecule has 4 aromatic rings. The number of carbonyl (C=O) groups excluding carboxylic acids is 1. The third-order valence-electron chi connectivity index (χ3n) is 4.78. The standard InChI is InChI=1S/C23H23N5O2/c1-2-30-23(29)22-14-21(27-28(22)11-5-9-24)17-8-10-25-20(13-17)18-12-16-6-3-4-7-19(16)26-15-18/h3-4,6-8,10,12-15H,2,5,9,11,24H2,1H3. The van der Waals surface area contributed by atoms with Crippen molar-refractivity contribution in [2.75, 3.05) is 13.2 Å². The van der Waals surface area contributed by atoms with E-state index in [-0.39, 0.29) is 5.97 Å². The van der Waals surface area contributed by atoms with Crippen molar-refractivity contribution < 1.29 is 9.53 Å². The molecule has 0 spiro atoms. The Morgan fingerprint density at radius 2 is 1.93 bits per heavy atom. The smallest absolute Gasteiger partial charge is 0.356 e. The van der Waals surface area contributed by atoms with E-state index in [4.69, 9.17) is 10.5 Å². The number of aryl methyl sites for hydroxylation is 1. The predicted molar refractivity (Wildman–Crippen MR) is 116 cm³/mol. The van der Waals surface area contributed by atoms with Gasteiger partial charge in [-0.25, -0.2) is 4.79 Å². The van der Waals surface area contributed by atoms with Crippen molar-refractivity contribution in [3.8, 4) is 22.5 Å². The minimum atomic E-state index is -0.388. The Kier molecular flexibility index (Phi) is 5.81. The summed E-state index contributed by atoms with van der Waals surface area (Å²) >= 11 is 0. The average molecular weight is 401 g/mol. The molecule has 0 saturated heterocycles. The number of nitrogens with two attached hydrogens (primary N) is 1. The summed E-state index contributed by atoms with van der Waals surface area (Å²) in [6, 6.07) is 15.6. The Morgan fingerprint density at radius 1 is 1.07 bits per heavy atom. The maximum Gasteiger partial charge on any atom is 0.356 e. The molecule has 1 aromatic carbocycles. The summed E-state index contributed by atoms with van der Waals surface area (Å²) in [5.74, 6) is -0.388. The van der Waals surface area contributed by atoms with Crippen molar-refractivity contribution in [1.29, 1.82) is 0 Å². The second kappa shape index (κ2) is 8.84. The maximum absolute atomic E-state index is 12.4. The molecule has 3 aromatic heterocycles. The molecule has 2 N–H and O–H groups in total. The van der Waals surface area contributed by atoms with E-state index in [0.29, 0.717) is 31.1 Å². The van der Waals surface area contributed by atoms with Crippen LogP contribution in [0.25, 0.3) is 33.4 Å². The lowest BCUT2D eigenvalue weighted by atomic mass is 10.1. The molecule has 3 heterocycles. The first-order valence-corrected chi connectivity index (χ1v) is 9.96. The average Bonchev–Trinajstić information content (AvgIpc) is 3.22. The number of hydrogen-bond donors (Lipinski definition) is 1. The second-order valence-corrected chi connectivity index (χ2v) is 6.85. The van der Waals surface area contributed by atoms with E-state index in [1.165, 1.54) is 0 Å². The van der Waals surface area contributed by atoms with E-state index in [2.05, 4.69) is 21.1 Å². The number of carbonyl (C=O) groups is 1. The molecule has 0 fully saturated rings. The van der Waals surface area contributed by atoms with E-state index in [0.717, 1.165) is 34.1 Å². The highest BCUT2D eigenvalue weighted by molar-refractivity contribution is 5.89. The van der Waals surface area contributed by atoms with Gasteiger partial charge in [-0.15, -0.1) is 0 Å². The van der Waals surface area contributed by atoms with E-state index in [9.17, 15) is 4.79 Å². The first kappa shape index (κ1) is 19.7. The van der Waals surface area contributed by atoms with Gasteiger partial charge in [0.15, 0.2) is 0 Å². The molecule has 0 radical (unpaired) electrons. The Hall–Kier alpha value is -3.58. The lowest BCUT2D eigenvalue weighted by Gasteiger charge is -2.05. The number of hydrogen-bond acceptors (Lipinski definition) is 6. The fraction of sp³-hybridized carbons (Fsp3) is 0.217. The van der Waals surface area contributed by atoms with Crippen LogP contribution in [0.4, 0.5) is 0 Å². The van der Waals surface area contributed by atoms with Gasteiger partial charge in [0.25, 0.3) is 0 Å². The number of fused-ring (bicyclic) bond motifs is 1. The van der Waals surface area contributed by atoms with Crippen molar-refractivity contribution in [3.63, 3.8) is 0 Å². The third kappa shape index (κ3) is 4.06. The molecule has 0 bridgehead atoms. The summed E-state index contributed by atoms with van der Waals surface area (Å²) in [6.07, 6.45) is 4.28. The van der Waals surface area contributed by atoms with Gasteiger partial charge in [0.05, 0.1) is 23.5 Å². The van der Waals surface area contributed by atoms with Gasteiger partial charge in [-0.05, 0) is 50.2 Å². The minimum absolute atomic E-state index is 0.310. The molecule has 7 heteroatoms. The largest absolute Gasteiger partial charge is 0.461 e. The van der Waals surface area contributed by atoms with Crippen molar-refractivity contribution in [2.45, 2.75) is 19.9 Å². The third-order valence-corrected chi connectivity index (χ3v) is 4.78. The maximum atomic E-state index is 12.4. The summed E-state index contributed by atoms with van der Waals surface area (Å²) in [5, 5.41) is 5.68. The van der Waals surface area contributed by atoms with Gasteiger partial charge in [-0.3, -0.25) is 14.6 Å². The summed E-state index contributed by atoms with van der Waals surface area (Å²) in [6.45, 7) is 3.17. The van der Waals surface area contributed by atoms with Gasteiger partial charge in [-0.1, -0.05) is 18.2 Å². The number of nitrogens with zero attached hydrogens (tertiary/aromatic N) is 4. The first-order chi connectivity index (χ1) is 14.7. The normalized spacial score (nSPS) is 11.0. The number of ether oxygens (including phenoxy) is 1. The molecule has 0 aliphatic carbocycles. The van der Waals surface area contributed by atoms with Gasteiger partial charge < -0.3 is 10.5 Å². The summed E-state index contributed by atoms with van der Waals surface area (Å²) in [4.78, 5) is 21.4. The number of para-hydroxylation sites is 1. The molecule has 0 unspecified atom stereocenters. The number of esters is 1. The lowest BCUT2D eigenvalue weighted by molar-refractivity contribution is 0.0511. The molecule has 0 aliphatic rings. The van der Waals surface area contributed by atoms with Crippen LogP contribution in [0, 0.1) is 0 Å². The second-order valence-electron chi connectivity index (χ2n) is 6.85. The molecule has 4 rings (SSSR count). The van der Waals surface area contributed by atoms with Gasteiger partial charge in [0.2, 0.25) is 0 Å². The van der Waals surface area contributed by atoms with E-state index >= 15 is 0 Å². The number of rotatable bonds is 7. The van der Waals surface area contributed by atoms with Crippen molar-refractivity contribution in [2.24, 2.45) is 5.73 Å². The number of pyridine rings is 2. The van der Waals surface area contributed by atoms with Gasteiger partial charge in [0, 0.05) is 35.5 Å². The van der Waals surface area contributed by atoms with E-state index in [1.54, 1.807) is 23.9 Å². The summed E-state index contributed by atoms with van der Waals surface area (Å²) < 4.78 is 6.84. The van der Waals surface area contributed by atoms with Crippen LogP contribution < -0.4 is 5.73 Å². The molecular weight excluding hydrogens is 378 g/mol. The highest BCUT2D eigenvalue weighted by atomic mass is 16.5. The molecule has 30 heavy (non-hydrogen) atoms. The van der Waals surface area contributed by atoms with Crippen molar-refractivity contribution >= 4 is 16.9 Å². The van der Waals surface area contributed by atoms with Crippen LogP contribution in [0.2, 0.25) is 0 Å². The molecule has 0 saturated carbocycles. The van der Waals surface area contributed by atoms with Crippen LogP contribution in [0.1, 0.15) is 23.8 Å². The Balaban J connectivity index is 1.71. The Morgan fingerprint density at radius 3 is 2.77 bits per heavy atom. The van der Waals surface area contributed by atoms with Crippen LogP contribution in [0.5, 0.6) is 0 Å². The fourth-order valence-electron chi connectivity index (χ4n) is 3.30. The lowest BCUT2D eigenvalue weighted by Crippen LogP contribution is -2.15. The Bertz CT molecular complexity index is 1190. The zero-order chi connectivity index (χ0) is 20.9. The topological polar surface area (TPSA) is 95.9 Å². The van der Waals surface area contributed by atoms with Gasteiger partial charge in [0.1, 0.15) is 5.69 Å². The SMILES string of the molecule is CCOC(=O)c1cc(-c2ccnc(-c3cnc4ccccc4c3)c2)nn1CCCN. The van der Waals surface area contributed by atoms with Crippen LogP contribution in [-0.2, 0) is 11.3 Å². The van der Waals surface area contributed by atoms with Crippen LogP contribution in [0.3, 0.4) is 0 Å². The van der Waals surface area contributed by atoms with Crippen molar-refractivity contribution in [1.82, 2.24) is 19.7 Å². The van der Waals surface area contributed by atoms with Crippen LogP contribution in [0.15, 0.2) is 60.9 Å². The zero-order valence-electron chi connectivity index (χ0n) is 16.8. The number of benzene rings is 1. The van der Waals surface area contributed by atoms with Crippen molar-refractivity contribution in [3.05, 3.63) is 66.6 Å². The predicted octanol–water partition coefficient (Wildman–Crippen LogP) is 3.69. The summed E-state index contributed by atoms with van der Waals surface area (Å²) in [7, 11) is 0. The molecule has 0 atom stereocenters. The molecular formula is C23H23N5O2. The highest BCUT2D eigenvalue weighted by Gasteiger charge is 2.17. The molecule has 0 aliphatic heterocycles. The quantitative estimate of drug-likeness (QED) is 0.475. The summed E-state index contributed by atoms with van der Waals surface area (Å²) in [5.41, 5.74) is 10.3. The van der Waals surface area contributed by atoms with E-state index < -0.39 is 0 Å². The zero-order valence-corrected chi connectivity index (χ0v) is 16.8. The van der Waals surface area contributed by atoms with Crippen LogP contribution >= 0.6 is 0 Å². The molecule has 152 valence electrons. The van der Waals surface area contributed by atoms with Gasteiger partial charge >= 0.3 is 5.97 Å². The Labute approximate surface area is 174 Å². The minimum Gasteiger partial charge on any atom is -0.461 e. The first-order valence-electron chi connectivity index (χ1n) is 9.96. The fourth-order valence-corrected chi connectivity index (χ4v) is 3.30. The highest BCUT2D eigenvalue weighted by Crippen LogP contribution is 2.26. The monoisotopic (exact) mass is 401 g/mol. The molecule has 0 amide bonds. The van der Waals surface area contributed by atoms with Crippen LogP contribution in [-0.4, -0.2) is 38.9 Å². The van der Waals surface area contributed by atoms with Gasteiger partial charge in [-0.2, -0.15) is 5.10 Å². The molecule has 7 nitrogen and oxygen atoms in total.